The fourth-order valence-electron chi connectivity index (χ4n) is 6.96. The lowest BCUT2D eigenvalue weighted by Crippen LogP contribution is -2.34. The highest BCUT2D eigenvalue weighted by Gasteiger charge is 2.35. The zero-order valence-corrected chi connectivity index (χ0v) is 27.0. The van der Waals surface area contributed by atoms with Crippen molar-refractivity contribution >= 4 is 17.5 Å². The SMILES string of the molecule is N=C(c1ccccc1)C(c1ccccc1)C1NC(c2ccccc2)=Cc2cccc(-c3cc(-c4ccccc4)nc(-c4ccccc4)c3)c21. The molecule has 234 valence electrons. The number of rotatable bonds is 8. The van der Waals surface area contributed by atoms with Gasteiger partial charge in [-0.2, -0.15) is 0 Å². The first kappa shape index (κ1) is 30.0. The van der Waals surface area contributed by atoms with E-state index in [1.54, 1.807) is 0 Å². The Kier molecular flexibility index (Phi) is 8.23. The topological polar surface area (TPSA) is 48.8 Å². The van der Waals surface area contributed by atoms with E-state index < -0.39 is 0 Å². The molecule has 0 radical (unpaired) electrons. The van der Waals surface area contributed by atoms with E-state index in [4.69, 9.17) is 4.98 Å². The first-order chi connectivity index (χ1) is 24.2. The zero-order valence-electron chi connectivity index (χ0n) is 27.0. The lowest BCUT2D eigenvalue weighted by Gasteiger charge is -2.36. The maximum absolute atomic E-state index is 9.77. The first-order valence-electron chi connectivity index (χ1n) is 16.7. The Labute approximate surface area is 287 Å². The van der Waals surface area contributed by atoms with Gasteiger partial charge in [0.25, 0.3) is 0 Å². The Morgan fingerprint density at radius 3 is 1.61 bits per heavy atom. The highest BCUT2D eigenvalue weighted by atomic mass is 15.0. The van der Waals surface area contributed by atoms with Crippen molar-refractivity contribution in [3.05, 3.63) is 210 Å². The Morgan fingerprint density at radius 2 is 1.04 bits per heavy atom. The zero-order chi connectivity index (χ0) is 33.0. The molecule has 1 aliphatic rings. The van der Waals surface area contributed by atoms with Crippen LogP contribution in [0, 0.1) is 5.41 Å². The Hall–Kier alpha value is -6.32. The third-order valence-electron chi connectivity index (χ3n) is 9.31. The Morgan fingerprint density at radius 1 is 0.531 bits per heavy atom. The van der Waals surface area contributed by atoms with E-state index in [2.05, 4.69) is 139 Å². The number of benzene rings is 6. The smallest absolute Gasteiger partial charge is 0.0715 e. The molecule has 7 aromatic rings. The lowest BCUT2D eigenvalue weighted by atomic mass is 9.75. The molecule has 3 heteroatoms. The molecule has 3 nitrogen and oxygen atoms in total. The molecule has 2 heterocycles. The second-order valence-electron chi connectivity index (χ2n) is 12.4. The van der Waals surface area contributed by atoms with Crippen LogP contribution in [-0.2, 0) is 0 Å². The molecule has 8 rings (SSSR count). The summed E-state index contributed by atoms with van der Waals surface area (Å²) in [7, 11) is 0. The summed E-state index contributed by atoms with van der Waals surface area (Å²) < 4.78 is 0. The van der Waals surface area contributed by atoms with E-state index in [0.29, 0.717) is 5.71 Å². The third kappa shape index (κ3) is 6.10. The molecular weight excluding hydrogens is 595 g/mol. The van der Waals surface area contributed by atoms with Crippen LogP contribution >= 0.6 is 0 Å². The lowest BCUT2D eigenvalue weighted by molar-refractivity contribution is 0.589. The summed E-state index contributed by atoms with van der Waals surface area (Å²) in [5, 5.41) is 13.8. The van der Waals surface area contributed by atoms with Crippen LogP contribution in [0.3, 0.4) is 0 Å². The van der Waals surface area contributed by atoms with Crippen LogP contribution < -0.4 is 5.32 Å². The Bertz CT molecular complexity index is 2190. The molecule has 6 aromatic carbocycles. The maximum Gasteiger partial charge on any atom is 0.0715 e. The van der Waals surface area contributed by atoms with Gasteiger partial charge < -0.3 is 10.7 Å². The van der Waals surface area contributed by atoms with Gasteiger partial charge in [-0.25, -0.2) is 4.98 Å². The van der Waals surface area contributed by atoms with Crippen molar-refractivity contribution in [2.45, 2.75) is 12.0 Å². The molecule has 2 atom stereocenters. The largest absolute Gasteiger partial charge is 0.377 e. The van der Waals surface area contributed by atoms with E-state index in [1.165, 1.54) is 5.56 Å². The molecule has 0 spiro atoms. The Balaban J connectivity index is 1.38. The van der Waals surface area contributed by atoms with Crippen molar-refractivity contribution in [3.63, 3.8) is 0 Å². The van der Waals surface area contributed by atoms with Gasteiger partial charge in [-0.05, 0) is 57.2 Å². The molecule has 0 saturated heterocycles. The van der Waals surface area contributed by atoms with Crippen LogP contribution in [0.25, 0.3) is 45.4 Å². The fourth-order valence-corrected chi connectivity index (χ4v) is 6.96. The average Bonchev–Trinajstić information content (AvgIpc) is 3.19. The van der Waals surface area contributed by atoms with Gasteiger partial charge in [-0.3, -0.25) is 0 Å². The predicted octanol–water partition coefficient (Wildman–Crippen LogP) is 11.1. The average molecular weight is 630 g/mol. The summed E-state index contributed by atoms with van der Waals surface area (Å²) in [6.45, 7) is 0. The first-order valence-corrected chi connectivity index (χ1v) is 16.7. The number of pyridine rings is 1. The summed E-state index contributed by atoms with van der Waals surface area (Å²) in [5.74, 6) is -0.278. The molecule has 1 aromatic heterocycles. The molecule has 49 heavy (non-hydrogen) atoms. The number of aromatic nitrogens is 1. The van der Waals surface area contributed by atoms with Crippen molar-refractivity contribution in [1.29, 1.82) is 5.41 Å². The van der Waals surface area contributed by atoms with E-state index in [0.717, 1.165) is 61.6 Å². The van der Waals surface area contributed by atoms with E-state index >= 15 is 0 Å². The molecule has 0 saturated carbocycles. The van der Waals surface area contributed by atoms with E-state index in [9.17, 15) is 5.41 Å². The van der Waals surface area contributed by atoms with Crippen molar-refractivity contribution in [3.8, 4) is 33.6 Å². The molecule has 0 fully saturated rings. The minimum atomic E-state index is -0.278. The number of nitrogens with zero attached hydrogens (tertiary/aromatic N) is 1. The van der Waals surface area contributed by atoms with Crippen molar-refractivity contribution in [2.75, 3.05) is 0 Å². The third-order valence-corrected chi connectivity index (χ3v) is 9.31. The van der Waals surface area contributed by atoms with Gasteiger partial charge in [0.1, 0.15) is 0 Å². The van der Waals surface area contributed by atoms with Gasteiger partial charge in [-0.15, -0.1) is 0 Å². The van der Waals surface area contributed by atoms with Crippen LogP contribution in [-0.4, -0.2) is 10.7 Å². The van der Waals surface area contributed by atoms with Crippen molar-refractivity contribution in [1.82, 2.24) is 10.3 Å². The van der Waals surface area contributed by atoms with E-state index in [-0.39, 0.29) is 12.0 Å². The number of fused-ring (bicyclic) bond motifs is 1. The van der Waals surface area contributed by atoms with Crippen molar-refractivity contribution in [2.24, 2.45) is 0 Å². The van der Waals surface area contributed by atoms with Gasteiger partial charge in [0.05, 0.1) is 23.3 Å². The summed E-state index contributed by atoms with van der Waals surface area (Å²) in [6, 6.07) is 62.7. The van der Waals surface area contributed by atoms with Gasteiger partial charge in [0.2, 0.25) is 0 Å². The summed E-state index contributed by atoms with van der Waals surface area (Å²) in [5.41, 5.74) is 13.2. The molecule has 0 bridgehead atoms. The number of nitrogens with one attached hydrogen (secondary N) is 2. The molecule has 2 unspecified atom stereocenters. The molecule has 0 amide bonds. The summed E-state index contributed by atoms with van der Waals surface area (Å²) in [6.07, 6.45) is 2.26. The quantitative estimate of drug-likeness (QED) is 0.164. The molecule has 0 aliphatic carbocycles. The van der Waals surface area contributed by atoms with Crippen LogP contribution in [0.15, 0.2) is 182 Å². The van der Waals surface area contributed by atoms with Gasteiger partial charge in [-0.1, -0.05) is 170 Å². The highest BCUT2D eigenvalue weighted by Crippen LogP contribution is 2.45. The molecule has 1 aliphatic heterocycles. The summed E-state index contributed by atoms with van der Waals surface area (Å²) in [4.78, 5) is 5.17. The number of hydrogen-bond donors (Lipinski definition) is 2. The number of hydrogen-bond acceptors (Lipinski definition) is 3. The van der Waals surface area contributed by atoms with Crippen LogP contribution in [0.1, 0.15) is 39.8 Å². The van der Waals surface area contributed by atoms with Crippen molar-refractivity contribution < 1.29 is 0 Å². The second kappa shape index (κ2) is 13.4. The van der Waals surface area contributed by atoms with E-state index in [1.807, 2.05) is 54.6 Å². The normalized spacial score (nSPS) is 14.2. The second-order valence-corrected chi connectivity index (χ2v) is 12.4. The van der Waals surface area contributed by atoms with Gasteiger partial charge in [0.15, 0.2) is 0 Å². The minimum absolute atomic E-state index is 0.241. The van der Waals surface area contributed by atoms with Crippen LogP contribution in [0.5, 0.6) is 0 Å². The maximum atomic E-state index is 9.77. The highest BCUT2D eigenvalue weighted by molar-refractivity contribution is 6.04. The van der Waals surface area contributed by atoms with Gasteiger partial charge >= 0.3 is 0 Å². The van der Waals surface area contributed by atoms with Crippen LogP contribution in [0.2, 0.25) is 0 Å². The molecule has 2 N–H and O–H groups in total. The fraction of sp³-hybridized carbons (Fsp3) is 0.0435. The minimum Gasteiger partial charge on any atom is -0.377 e. The molecular formula is C46H35N3. The monoisotopic (exact) mass is 629 g/mol. The predicted molar refractivity (Wildman–Crippen MR) is 203 cm³/mol. The summed E-state index contributed by atoms with van der Waals surface area (Å²) >= 11 is 0. The standard InChI is InChI=1S/C46H35N3/c47-45(36-25-14-5-15-26-36)44(35-23-12-4-13-24-35)46-43-37(29-42(49-46)34-21-10-3-11-22-34)27-16-28-39(43)38-30-40(32-17-6-1-7-18-32)48-41(31-38)33-19-8-2-9-20-33/h1-31,44,46-47,49H. The van der Waals surface area contributed by atoms with Gasteiger partial charge in [0, 0.05) is 22.5 Å². The van der Waals surface area contributed by atoms with Crippen LogP contribution in [0.4, 0.5) is 0 Å².